The van der Waals surface area contributed by atoms with E-state index in [-0.39, 0.29) is 11.8 Å². The van der Waals surface area contributed by atoms with E-state index in [2.05, 4.69) is 10.0 Å². The molecule has 7 nitrogen and oxygen atoms in total. The Labute approximate surface area is 126 Å². The summed E-state index contributed by atoms with van der Waals surface area (Å²) in [6, 6.07) is -2.00. The number of sulfonamides is 1. The van der Waals surface area contributed by atoms with Gasteiger partial charge in [-0.15, -0.1) is 0 Å². The highest BCUT2D eigenvalue weighted by Crippen LogP contribution is 2.11. The van der Waals surface area contributed by atoms with Gasteiger partial charge in [-0.25, -0.2) is 17.9 Å². The van der Waals surface area contributed by atoms with Gasteiger partial charge in [-0.05, 0) is 18.3 Å². The summed E-state index contributed by atoms with van der Waals surface area (Å²) in [5, 5.41) is 11.6. The Bertz CT molecular complexity index is 461. The third kappa shape index (κ3) is 8.01. The topological polar surface area (TPSA) is 113 Å². The summed E-state index contributed by atoms with van der Waals surface area (Å²) in [5.41, 5.74) is 0. The maximum absolute atomic E-state index is 12.2. The van der Waals surface area contributed by atoms with Gasteiger partial charge in [0.2, 0.25) is 15.9 Å². The molecule has 0 heterocycles. The molecule has 124 valence electrons. The van der Waals surface area contributed by atoms with Crippen LogP contribution in [-0.2, 0) is 19.6 Å². The summed E-state index contributed by atoms with van der Waals surface area (Å²) in [6.45, 7) is 7.26. The molecule has 0 aromatic heterocycles. The van der Waals surface area contributed by atoms with Gasteiger partial charge in [0.25, 0.3) is 0 Å². The van der Waals surface area contributed by atoms with Gasteiger partial charge in [0.05, 0.1) is 6.26 Å². The number of rotatable bonds is 9. The fourth-order valence-electron chi connectivity index (χ4n) is 1.88. The highest BCUT2D eigenvalue weighted by atomic mass is 32.2. The van der Waals surface area contributed by atoms with Gasteiger partial charge in [0, 0.05) is 0 Å². The van der Waals surface area contributed by atoms with Crippen LogP contribution in [0.3, 0.4) is 0 Å². The number of carbonyl (C=O) groups excluding carboxylic acids is 1. The van der Waals surface area contributed by atoms with Crippen LogP contribution in [0.4, 0.5) is 0 Å². The molecule has 0 fully saturated rings. The molecule has 0 aliphatic carbocycles. The van der Waals surface area contributed by atoms with Gasteiger partial charge in [0.1, 0.15) is 12.1 Å². The molecule has 0 aromatic rings. The number of nitrogens with one attached hydrogen (secondary N) is 2. The van der Waals surface area contributed by atoms with Gasteiger partial charge < -0.3 is 10.4 Å². The van der Waals surface area contributed by atoms with Crippen molar-refractivity contribution >= 4 is 21.9 Å². The summed E-state index contributed by atoms with van der Waals surface area (Å²) < 4.78 is 24.9. The smallest absolute Gasteiger partial charge is 0.326 e. The molecule has 0 saturated heterocycles. The van der Waals surface area contributed by atoms with E-state index in [0.29, 0.717) is 12.8 Å². The van der Waals surface area contributed by atoms with Crippen LogP contribution in [0.25, 0.3) is 0 Å². The van der Waals surface area contributed by atoms with Crippen LogP contribution in [0.1, 0.15) is 40.5 Å². The number of carboxylic acids is 1. The standard InChI is InChI=1S/C13H26N2O5S/c1-6-9(4)11(13(17)18)14-12(16)10(7-8(2)3)15-21(5,19)20/h8-11,15H,6-7H2,1-5H3,(H,14,16)(H,17,18)/t9?,10?,11-/m0/s1. The van der Waals surface area contributed by atoms with Crippen molar-refractivity contribution in [1.82, 2.24) is 10.0 Å². The molecular weight excluding hydrogens is 296 g/mol. The average Bonchev–Trinajstić information content (AvgIpc) is 2.31. The molecule has 21 heavy (non-hydrogen) atoms. The average molecular weight is 322 g/mol. The second kappa shape index (κ2) is 8.33. The van der Waals surface area contributed by atoms with Crippen molar-refractivity contribution in [1.29, 1.82) is 0 Å². The molecule has 0 spiro atoms. The maximum Gasteiger partial charge on any atom is 0.326 e. The predicted molar refractivity (Wildman–Crippen MR) is 80.2 cm³/mol. The molecule has 0 bridgehead atoms. The lowest BCUT2D eigenvalue weighted by Gasteiger charge is -2.24. The van der Waals surface area contributed by atoms with Gasteiger partial charge in [0.15, 0.2) is 0 Å². The molecule has 3 atom stereocenters. The molecule has 0 radical (unpaired) electrons. The molecule has 1 amide bonds. The number of hydrogen-bond acceptors (Lipinski definition) is 4. The predicted octanol–water partition coefficient (Wildman–Crippen LogP) is 0.566. The first kappa shape index (κ1) is 19.9. The summed E-state index contributed by atoms with van der Waals surface area (Å²) in [5.74, 6) is -1.89. The van der Waals surface area contributed by atoms with Crippen LogP contribution >= 0.6 is 0 Å². The fourth-order valence-corrected chi connectivity index (χ4v) is 2.60. The van der Waals surface area contributed by atoms with Gasteiger partial charge >= 0.3 is 5.97 Å². The Morgan fingerprint density at radius 3 is 2.05 bits per heavy atom. The fraction of sp³-hybridized carbons (Fsp3) is 0.846. The molecule has 0 rings (SSSR count). The van der Waals surface area contributed by atoms with E-state index in [0.717, 1.165) is 6.26 Å². The first-order chi connectivity index (χ1) is 9.47. The molecule has 0 aliphatic heterocycles. The molecule has 3 N–H and O–H groups in total. The second-order valence-corrected chi connectivity index (χ2v) is 7.56. The van der Waals surface area contributed by atoms with Crippen LogP contribution in [0, 0.1) is 11.8 Å². The number of hydrogen-bond donors (Lipinski definition) is 3. The first-order valence-corrected chi connectivity index (χ1v) is 8.87. The number of carbonyl (C=O) groups is 2. The Hall–Kier alpha value is -1.15. The van der Waals surface area contributed by atoms with E-state index < -0.39 is 34.0 Å². The van der Waals surface area contributed by atoms with Crippen molar-refractivity contribution in [3.63, 3.8) is 0 Å². The lowest BCUT2D eigenvalue weighted by molar-refractivity contribution is -0.143. The zero-order valence-electron chi connectivity index (χ0n) is 13.2. The minimum Gasteiger partial charge on any atom is -0.480 e. The van der Waals surface area contributed by atoms with Crippen LogP contribution < -0.4 is 10.0 Å². The molecular formula is C13H26N2O5S. The van der Waals surface area contributed by atoms with E-state index in [1.165, 1.54) is 0 Å². The monoisotopic (exact) mass is 322 g/mol. The van der Waals surface area contributed by atoms with Crippen molar-refractivity contribution in [2.24, 2.45) is 11.8 Å². The van der Waals surface area contributed by atoms with E-state index in [1.54, 1.807) is 6.92 Å². The van der Waals surface area contributed by atoms with Gasteiger partial charge in [-0.3, -0.25) is 4.79 Å². The first-order valence-electron chi connectivity index (χ1n) is 6.98. The Balaban J connectivity index is 5.05. The number of aliphatic carboxylic acids is 1. The normalized spacial score (nSPS) is 16.3. The van der Waals surface area contributed by atoms with E-state index in [1.807, 2.05) is 20.8 Å². The Morgan fingerprint density at radius 2 is 1.71 bits per heavy atom. The van der Waals surface area contributed by atoms with E-state index in [9.17, 15) is 18.0 Å². The van der Waals surface area contributed by atoms with Crippen molar-refractivity contribution in [3.05, 3.63) is 0 Å². The Kier molecular flexibility index (Phi) is 7.87. The van der Waals surface area contributed by atoms with Crippen molar-refractivity contribution in [2.45, 2.75) is 52.6 Å². The van der Waals surface area contributed by atoms with Crippen LogP contribution in [0.5, 0.6) is 0 Å². The highest BCUT2D eigenvalue weighted by Gasteiger charge is 2.30. The van der Waals surface area contributed by atoms with Gasteiger partial charge in [-0.2, -0.15) is 0 Å². The van der Waals surface area contributed by atoms with E-state index >= 15 is 0 Å². The van der Waals surface area contributed by atoms with Crippen molar-refractivity contribution in [2.75, 3.05) is 6.26 Å². The highest BCUT2D eigenvalue weighted by molar-refractivity contribution is 7.88. The summed E-state index contributed by atoms with van der Waals surface area (Å²) >= 11 is 0. The lowest BCUT2D eigenvalue weighted by atomic mass is 9.98. The summed E-state index contributed by atoms with van der Waals surface area (Å²) in [4.78, 5) is 23.4. The number of amides is 1. The quantitative estimate of drug-likeness (QED) is 0.574. The summed E-state index contributed by atoms with van der Waals surface area (Å²) in [6.07, 6.45) is 1.86. The second-order valence-electron chi connectivity index (χ2n) is 5.78. The Morgan fingerprint density at radius 1 is 1.19 bits per heavy atom. The zero-order chi connectivity index (χ0) is 16.8. The SMILES string of the molecule is CCC(C)[C@H](NC(=O)C(CC(C)C)NS(C)(=O)=O)C(=O)O. The third-order valence-electron chi connectivity index (χ3n) is 3.16. The van der Waals surface area contributed by atoms with Crippen LogP contribution in [0.2, 0.25) is 0 Å². The van der Waals surface area contributed by atoms with Crippen molar-refractivity contribution < 1.29 is 23.1 Å². The molecule has 0 saturated carbocycles. The molecule has 2 unspecified atom stereocenters. The lowest BCUT2D eigenvalue weighted by Crippen LogP contribution is -2.53. The minimum atomic E-state index is -3.55. The van der Waals surface area contributed by atoms with E-state index in [4.69, 9.17) is 5.11 Å². The number of carboxylic acid groups (broad SMARTS) is 1. The van der Waals surface area contributed by atoms with Crippen molar-refractivity contribution in [3.8, 4) is 0 Å². The largest absolute Gasteiger partial charge is 0.480 e. The molecule has 0 aromatic carbocycles. The molecule has 0 aliphatic rings. The van der Waals surface area contributed by atoms with Gasteiger partial charge in [-0.1, -0.05) is 34.1 Å². The molecule has 8 heteroatoms. The third-order valence-corrected chi connectivity index (χ3v) is 3.87. The minimum absolute atomic E-state index is 0.0851. The van der Waals surface area contributed by atoms with Crippen LogP contribution in [-0.4, -0.2) is 43.7 Å². The van der Waals surface area contributed by atoms with Crippen LogP contribution in [0.15, 0.2) is 0 Å². The maximum atomic E-state index is 12.2. The summed E-state index contributed by atoms with van der Waals surface area (Å²) in [7, 11) is -3.55. The zero-order valence-corrected chi connectivity index (χ0v) is 14.0.